The van der Waals surface area contributed by atoms with E-state index in [1.807, 2.05) is 6.92 Å². The highest BCUT2D eigenvalue weighted by Gasteiger charge is 2.08. The van der Waals surface area contributed by atoms with Crippen molar-refractivity contribution in [2.75, 3.05) is 17.7 Å². The van der Waals surface area contributed by atoms with Gasteiger partial charge in [-0.3, -0.25) is 4.79 Å². The summed E-state index contributed by atoms with van der Waals surface area (Å²) in [4.78, 5) is 12.1. The van der Waals surface area contributed by atoms with E-state index >= 15 is 0 Å². The van der Waals surface area contributed by atoms with Crippen molar-refractivity contribution in [1.82, 2.24) is 0 Å². The second-order valence-corrected chi connectivity index (χ2v) is 4.56. The lowest BCUT2D eigenvalue weighted by molar-refractivity contribution is 0.102. The molecule has 2 aromatic carbocycles. The number of anilines is 2. The highest BCUT2D eigenvalue weighted by Crippen LogP contribution is 2.24. The number of hydrogen-bond donors (Lipinski definition) is 2. The first-order valence-corrected chi connectivity index (χ1v) is 6.57. The Morgan fingerprint density at radius 1 is 1.25 bits per heavy atom. The van der Waals surface area contributed by atoms with Gasteiger partial charge in [0.25, 0.3) is 5.91 Å². The van der Waals surface area contributed by atoms with Crippen molar-refractivity contribution in [2.45, 2.75) is 6.92 Å². The average Bonchev–Trinajstić information content (AvgIpc) is 2.43. The van der Waals surface area contributed by atoms with Gasteiger partial charge in [-0.1, -0.05) is 11.6 Å². The molecule has 4 nitrogen and oxygen atoms in total. The Morgan fingerprint density at radius 2 is 1.95 bits per heavy atom. The Kier molecular flexibility index (Phi) is 4.48. The lowest BCUT2D eigenvalue weighted by atomic mass is 10.2. The monoisotopic (exact) mass is 290 g/mol. The Labute approximate surface area is 122 Å². The maximum absolute atomic E-state index is 12.1. The number of benzene rings is 2. The zero-order valence-electron chi connectivity index (χ0n) is 11.0. The van der Waals surface area contributed by atoms with Gasteiger partial charge in [-0.05, 0) is 49.4 Å². The van der Waals surface area contributed by atoms with Crippen LogP contribution in [0.1, 0.15) is 17.3 Å². The molecule has 2 rings (SSSR count). The topological polar surface area (TPSA) is 64.3 Å². The van der Waals surface area contributed by atoms with Crippen LogP contribution in [0.4, 0.5) is 11.4 Å². The molecular weight excluding hydrogens is 276 g/mol. The fourth-order valence-electron chi connectivity index (χ4n) is 1.70. The zero-order chi connectivity index (χ0) is 14.5. The lowest BCUT2D eigenvalue weighted by Crippen LogP contribution is -2.12. The second-order valence-electron chi connectivity index (χ2n) is 4.15. The number of nitrogens with one attached hydrogen (secondary N) is 1. The van der Waals surface area contributed by atoms with Crippen molar-refractivity contribution >= 4 is 28.9 Å². The van der Waals surface area contributed by atoms with Crippen LogP contribution in [0.2, 0.25) is 5.02 Å². The van der Waals surface area contributed by atoms with E-state index in [0.29, 0.717) is 28.6 Å². The molecule has 104 valence electrons. The van der Waals surface area contributed by atoms with Gasteiger partial charge >= 0.3 is 0 Å². The maximum Gasteiger partial charge on any atom is 0.255 e. The van der Waals surface area contributed by atoms with Gasteiger partial charge in [-0.25, -0.2) is 0 Å². The summed E-state index contributed by atoms with van der Waals surface area (Å²) >= 11 is 6.01. The number of carbonyl (C=O) groups is 1. The fourth-order valence-corrected chi connectivity index (χ4v) is 1.93. The second kappa shape index (κ2) is 6.30. The van der Waals surface area contributed by atoms with E-state index in [9.17, 15) is 4.79 Å². The fraction of sp³-hybridized carbons (Fsp3) is 0.133. The number of rotatable bonds is 4. The number of halogens is 1. The molecule has 2 aromatic rings. The highest BCUT2D eigenvalue weighted by molar-refractivity contribution is 6.34. The molecule has 0 aliphatic heterocycles. The van der Waals surface area contributed by atoms with Crippen LogP contribution in [-0.2, 0) is 0 Å². The Morgan fingerprint density at radius 3 is 2.55 bits per heavy atom. The van der Waals surface area contributed by atoms with E-state index in [0.717, 1.165) is 5.75 Å². The Hall–Kier alpha value is -2.20. The molecule has 1 amide bonds. The summed E-state index contributed by atoms with van der Waals surface area (Å²) < 4.78 is 5.32. The minimum absolute atomic E-state index is 0.236. The predicted octanol–water partition coefficient (Wildman–Crippen LogP) is 3.57. The molecule has 0 aromatic heterocycles. The summed E-state index contributed by atoms with van der Waals surface area (Å²) in [7, 11) is 0. The van der Waals surface area contributed by atoms with Crippen molar-refractivity contribution in [3.63, 3.8) is 0 Å². The molecule has 0 saturated carbocycles. The third kappa shape index (κ3) is 3.42. The molecular formula is C15H15ClN2O2. The summed E-state index contributed by atoms with van der Waals surface area (Å²) in [6.07, 6.45) is 0. The number of carbonyl (C=O) groups excluding carboxylic acids is 1. The first-order chi connectivity index (χ1) is 9.60. The summed E-state index contributed by atoms with van der Waals surface area (Å²) in [5.41, 5.74) is 7.21. The Bertz CT molecular complexity index is 612. The lowest BCUT2D eigenvalue weighted by Gasteiger charge is -2.08. The van der Waals surface area contributed by atoms with Gasteiger partial charge in [-0.2, -0.15) is 0 Å². The van der Waals surface area contributed by atoms with Gasteiger partial charge in [-0.15, -0.1) is 0 Å². The van der Waals surface area contributed by atoms with E-state index in [1.165, 1.54) is 0 Å². The average molecular weight is 291 g/mol. The van der Waals surface area contributed by atoms with Crippen molar-refractivity contribution in [3.05, 3.63) is 53.1 Å². The van der Waals surface area contributed by atoms with Gasteiger partial charge < -0.3 is 15.8 Å². The predicted molar refractivity (Wildman–Crippen MR) is 81.4 cm³/mol. The standard InChI is InChI=1S/C15H15ClN2O2/c1-2-20-12-6-3-10(4-7-12)15(19)18-14-8-5-11(17)9-13(14)16/h3-9H,2,17H2,1H3,(H,18,19). The van der Waals surface area contributed by atoms with Crippen molar-refractivity contribution in [3.8, 4) is 5.75 Å². The molecule has 0 heterocycles. The molecule has 0 aliphatic carbocycles. The third-order valence-electron chi connectivity index (χ3n) is 2.67. The minimum atomic E-state index is -0.236. The molecule has 0 spiro atoms. The number of nitrogen functional groups attached to an aromatic ring is 1. The quantitative estimate of drug-likeness (QED) is 0.846. The SMILES string of the molecule is CCOc1ccc(C(=O)Nc2ccc(N)cc2Cl)cc1. The first-order valence-electron chi connectivity index (χ1n) is 6.19. The molecule has 0 unspecified atom stereocenters. The zero-order valence-corrected chi connectivity index (χ0v) is 11.8. The minimum Gasteiger partial charge on any atom is -0.494 e. The summed E-state index contributed by atoms with van der Waals surface area (Å²) in [6.45, 7) is 2.50. The summed E-state index contributed by atoms with van der Waals surface area (Å²) in [5, 5.41) is 3.14. The van der Waals surface area contributed by atoms with Crippen LogP contribution in [0, 0.1) is 0 Å². The van der Waals surface area contributed by atoms with Crippen molar-refractivity contribution < 1.29 is 9.53 Å². The van der Waals surface area contributed by atoms with Crippen molar-refractivity contribution in [2.24, 2.45) is 0 Å². The van der Waals surface area contributed by atoms with Crippen LogP contribution in [0.15, 0.2) is 42.5 Å². The van der Waals surface area contributed by atoms with Gasteiger partial charge in [0.15, 0.2) is 0 Å². The van der Waals surface area contributed by atoms with Crippen molar-refractivity contribution in [1.29, 1.82) is 0 Å². The molecule has 0 radical (unpaired) electrons. The summed E-state index contributed by atoms with van der Waals surface area (Å²) in [6, 6.07) is 11.8. The summed E-state index contributed by atoms with van der Waals surface area (Å²) in [5.74, 6) is 0.495. The van der Waals surface area contributed by atoms with Crippen LogP contribution in [-0.4, -0.2) is 12.5 Å². The molecule has 20 heavy (non-hydrogen) atoms. The van der Waals surface area contributed by atoms with Crippen LogP contribution in [0.25, 0.3) is 0 Å². The molecule has 0 fully saturated rings. The third-order valence-corrected chi connectivity index (χ3v) is 2.98. The highest BCUT2D eigenvalue weighted by atomic mass is 35.5. The van der Waals surface area contributed by atoms with E-state index in [2.05, 4.69) is 5.32 Å². The molecule has 0 atom stereocenters. The maximum atomic E-state index is 12.1. The van der Waals surface area contributed by atoms with Gasteiger partial charge in [0.05, 0.1) is 17.3 Å². The molecule has 3 N–H and O–H groups in total. The van der Waals surface area contributed by atoms with Gasteiger partial charge in [0.2, 0.25) is 0 Å². The van der Waals surface area contributed by atoms with Crippen LogP contribution >= 0.6 is 11.6 Å². The first kappa shape index (κ1) is 14.2. The number of nitrogens with two attached hydrogens (primary N) is 1. The van der Waals surface area contributed by atoms with E-state index in [-0.39, 0.29) is 5.91 Å². The van der Waals surface area contributed by atoms with Crippen LogP contribution in [0.3, 0.4) is 0 Å². The molecule has 5 heteroatoms. The Balaban J connectivity index is 2.11. The van der Waals surface area contributed by atoms with Gasteiger partial charge in [0, 0.05) is 11.3 Å². The molecule has 0 saturated heterocycles. The van der Waals surface area contributed by atoms with Crippen LogP contribution < -0.4 is 15.8 Å². The molecule has 0 bridgehead atoms. The number of ether oxygens (including phenoxy) is 1. The number of amides is 1. The number of hydrogen-bond acceptors (Lipinski definition) is 3. The molecule has 0 aliphatic rings. The normalized spacial score (nSPS) is 10.1. The van der Waals surface area contributed by atoms with E-state index in [1.54, 1.807) is 42.5 Å². The smallest absolute Gasteiger partial charge is 0.255 e. The van der Waals surface area contributed by atoms with Gasteiger partial charge in [0.1, 0.15) is 5.75 Å². The largest absolute Gasteiger partial charge is 0.494 e. The van der Waals surface area contributed by atoms with E-state index in [4.69, 9.17) is 22.1 Å². The van der Waals surface area contributed by atoms with E-state index < -0.39 is 0 Å². The van der Waals surface area contributed by atoms with Crippen LogP contribution in [0.5, 0.6) is 5.75 Å².